The molecule has 0 aromatic heterocycles. The number of carbonyl (C=O) groups excluding carboxylic acids is 1. The molecule has 0 radical (unpaired) electrons. The van der Waals surface area contributed by atoms with Crippen LogP contribution in [0, 0.1) is 5.92 Å². The van der Waals surface area contributed by atoms with Crippen LogP contribution in [-0.2, 0) is 14.8 Å². The van der Waals surface area contributed by atoms with Crippen LogP contribution >= 0.6 is 0 Å². The molecule has 2 aliphatic heterocycles. The van der Waals surface area contributed by atoms with E-state index in [-0.39, 0.29) is 24.4 Å². The molecule has 160 valence electrons. The molecule has 0 N–H and O–H groups in total. The highest BCUT2D eigenvalue weighted by Gasteiger charge is 2.36. The lowest BCUT2D eigenvalue weighted by molar-refractivity contribution is -0.137. The summed E-state index contributed by atoms with van der Waals surface area (Å²) < 4.78 is 27.4. The highest BCUT2D eigenvalue weighted by atomic mass is 32.2. The first-order valence-electron chi connectivity index (χ1n) is 10.6. The Morgan fingerprint density at radius 2 is 1.57 bits per heavy atom. The lowest BCUT2D eigenvalue weighted by Crippen LogP contribution is -2.56. The maximum atomic E-state index is 13.2. The summed E-state index contributed by atoms with van der Waals surface area (Å²) in [5.74, 6) is -0.185. The number of anilines is 1. The van der Waals surface area contributed by atoms with Gasteiger partial charge in [0.1, 0.15) is 0 Å². The first-order valence-corrected chi connectivity index (χ1v) is 12.1. The molecule has 2 aromatic carbocycles. The van der Waals surface area contributed by atoms with Crippen molar-refractivity contribution in [1.82, 2.24) is 9.21 Å². The summed E-state index contributed by atoms with van der Waals surface area (Å²) in [4.78, 5) is 17.8. The van der Waals surface area contributed by atoms with Gasteiger partial charge in [0.25, 0.3) is 0 Å². The van der Waals surface area contributed by atoms with Gasteiger partial charge in [0.15, 0.2) is 0 Å². The van der Waals surface area contributed by atoms with E-state index in [1.165, 1.54) is 9.99 Å². The third-order valence-corrected chi connectivity index (χ3v) is 8.02. The minimum Gasteiger partial charge on any atom is -0.365 e. The van der Waals surface area contributed by atoms with Crippen molar-refractivity contribution in [3.63, 3.8) is 0 Å². The molecule has 2 aromatic rings. The second kappa shape index (κ2) is 8.78. The van der Waals surface area contributed by atoms with Crippen molar-refractivity contribution in [2.24, 2.45) is 5.92 Å². The van der Waals surface area contributed by atoms with Crippen LogP contribution < -0.4 is 4.90 Å². The maximum absolute atomic E-state index is 13.2. The fourth-order valence-corrected chi connectivity index (χ4v) is 6.07. The Kier molecular flexibility index (Phi) is 6.11. The third kappa shape index (κ3) is 4.23. The van der Waals surface area contributed by atoms with Crippen LogP contribution in [-0.4, -0.2) is 62.3 Å². The number of hydrogen-bond donors (Lipinski definition) is 0. The van der Waals surface area contributed by atoms with Crippen molar-refractivity contribution in [2.45, 2.75) is 30.7 Å². The minimum atomic E-state index is -3.56. The zero-order chi connectivity index (χ0) is 21.1. The summed E-state index contributed by atoms with van der Waals surface area (Å²) in [6.45, 7) is 4.99. The highest BCUT2D eigenvalue weighted by molar-refractivity contribution is 7.89. The molecule has 1 amide bonds. The molecule has 2 aliphatic rings. The van der Waals surface area contributed by atoms with Gasteiger partial charge in [-0.3, -0.25) is 4.79 Å². The zero-order valence-electron chi connectivity index (χ0n) is 17.4. The van der Waals surface area contributed by atoms with Crippen molar-refractivity contribution in [3.8, 4) is 0 Å². The molecule has 7 heteroatoms. The van der Waals surface area contributed by atoms with E-state index in [2.05, 4.69) is 24.0 Å². The summed E-state index contributed by atoms with van der Waals surface area (Å²) in [6.07, 6.45) is 1.45. The lowest BCUT2D eigenvalue weighted by Gasteiger charge is -2.43. The standard InChI is InChI=1S/C23H29N3O3S/c1-19-17-24(15-16-26(19)21-10-4-2-5-11-21)23(27)20-9-8-14-25(18-20)30(28,29)22-12-6-3-7-13-22/h2-7,10-13,19-20H,8-9,14-18H2,1H3. The van der Waals surface area contributed by atoms with Gasteiger partial charge in [0.2, 0.25) is 15.9 Å². The van der Waals surface area contributed by atoms with Gasteiger partial charge in [-0.05, 0) is 44.0 Å². The predicted molar refractivity (Wildman–Crippen MR) is 118 cm³/mol. The number of piperazine rings is 1. The van der Waals surface area contributed by atoms with Crippen LogP contribution in [0.15, 0.2) is 65.6 Å². The van der Waals surface area contributed by atoms with E-state index in [9.17, 15) is 13.2 Å². The second-order valence-electron chi connectivity index (χ2n) is 8.18. The zero-order valence-corrected chi connectivity index (χ0v) is 18.2. The molecule has 4 rings (SSSR count). The van der Waals surface area contributed by atoms with E-state index < -0.39 is 10.0 Å². The monoisotopic (exact) mass is 427 g/mol. The Morgan fingerprint density at radius 3 is 2.23 bits per heavy atom. The van der Waals surface area contributed by atoms with E-state index >= 15 is 0 Å². The molecule has 30 heavy (non-hydrogen) atoms. The van der Waals surface area contributed by atoms with Gasteiger partial charge in [0.05, 0.1) is 10.8 Å². The van der Waals surface area contributed by atoms with Crippen LogP contribution in [0.1, 0.15) is 19.8 Å². The Balaban J connectivity index is 1.41. The van der Waals surface area contributed by atoms with Gasteiger partial charge in [-0.25, -0.2) is 8.42 Å². The molecule has 0 aliphatic carbocycles. The third-order valence-electron chi connectivity index (χ3n) is 6.14. The van der Waals surface area contributed by atoms with Crippen molar-refractivity contribution < 1.29 is 13.2 Å². The highest BCUT2D eigenvalue weighted by Crippen LogP contribution is 2.27. The number of amides is 1. The number of nitrogens with zero attached hydrogens (tertiary/aromatic N) is 3. The maximum Gasteiger partial charge on any atom is 0.243 e. The SMILES string of the molecule is CC1CN(C(=O)C2CCCN(S(=O)(=O)c3ccccc3)C2)CCN1c1ccccc1. The fourth-order valence-electron chi connectivity index (χ4n) is 4.52. The smallest absolute Gasteiger partial charge is 0.243 e. The van der Waals surface area contributed by atoms with Crippen LogP contribution in [0.5, 0.6) is 0 Å². The van der Waals surface area contributed by atoms with E-state index in [1.54, 1.807) is 30.3 Å². The van der Waals surface area contributed by atoms with Gasteiger partial charge in [0, 0.05) is 44.5 Å². The average molecular weight is 428 g/mol. The number of hydrogen-bond acceptors (Lipinski definition) is 4. The van der Waals surface area contributed by atoms with E-state index in [4.69, 9.17) is 0 Å². The first-order chi connectivity index (χ1) is 14.5. The molecular formula is C23H29N3O3S. The van der Waals surface area contributed by atoms with Crippen LogP contribution in [0.25, 0.3) is 0 Å². The molecule has 2 unspecified atom stereocenters. The van der Waals surface area contributed by atoms with Gasteiger partial charge in [-0.1, -0.05) is 36.4 Å². The largest absolute Gasteiger partial charge is 0.365 e. The normalized spacial score (nSPS) is 23.4. The molecule has 0 spiro atoms. The van der Waals surface area contributed by atoms with Crippen molar-refractivity contribution >= 4 is 21.6 Å². The number of benzene rings is 2. The minimum absolute atomic E-state index is 0.0857. The number of piperidine rings is 1. The molecule has 2 heterocycles. The number of para-hydroxylation sites is 1. The summed E-state index contributed by atoms with van der Waals surface area (Å²) in [5, 5.41) is 0. The van der Waals surface area contributed by atoms with Crippen LogP contribution in [0.2, 0.25) is 0 Å². The lowest BCUT2D eigenvalue weighted by atomic mass is 9.97. The summed E-state index contributed by atoms with van der Waals surface area (Å²) in [6, 6.07) is 19.0. The number of sulfonamides is 1. The van der Waals surface area contributed by atoms with E-state index in [0.29, 0.717) is 31.0 Å². The fraction of sp³-hybridized carbons (Fsp3) is 0.435. The van der Waals surface area contributed by atoms with Gasteiger partial charge in [-0.2, -0.15) is 4.31 Å². The molecule has 0 bridgehead atoms. The van der Waals surface area contributed by atoms with E-state index in [0.717, 1.165) is 13.0 Å². The quantitative estimate of drug-likeness (QED) is 0.753. The van der Waals surface area contributed by atoms with Crippen molar-refractivity contribution in [1.29, 1.82) is 0 Å². The Hall–Kier alpha value is -2.38. The topological polar surface area (TPSA) is 60.9 Å². The molecule has 0 saturated carbocycles. The summed E-state index contributed by atoms with van der Waals surface area (Å²) in [5.41, 5.74) is 1.18. The van der Waals surface area contributed by atoms with Gasteiger partial charge >= 0.3 is 0 Å². The van der Waals surface area contributed by atoms with Crippen LogP contribution in [0.3, 0.4) is 0 Å². The van der Waals surface area contributed by atoms with Crippen molar-refractivity contribution in [3.05, 3.63) is 60.7 Å². The predicted octanol–water partition coefficient (Wildman–Crippen LogP) is 2.82. The number of carbonyl (C=O) groups is 1. The molecular weight excluding hydrogens is 398 g/mol. The molecule has 2 saturated heterocycles. The van der Waals surface area contributed by atoms with Gasteiger partial charge < -0.3 is 9.80 Å². The van der Waals surface area contributed by atoms with Crippen molar-refractivity contribution in [2.75, 3.05) is 37.6 Å². The van der Waals surface area contributed by atoms with Crippen LogP contribution in [0.4, 0.5) is 5.69 Å². The Labute approximate surface area is 179 Å². The first kappa shape index (κ1) is 20.9. The average Bonchev–Trinajstić information content (AvgIpc) is 2.80. The number of rotatable bonds is 4. The molecule has 2 atom stereocenters. The second-order valence-corrected chi connectivity index (χ2v) is 10.1. The molecule has 2 fully saturated rings. The van der Waals surface area contributed by atoms with E-state index in [1.807, 2.05) is 23.1 Å². The summed E-state index contributed by atoms with van der Waals surface area (Å²) >= 11 is 0. The summed E-state index contributed by atoms with van der Waals surface area (Å²) in [7, 11) is -3.56. The Bertz CT molecular complexity index is 966. The Morgan fingerprint density at radius 1 is 0.900 bits per heavy atom. The van der Waals surface area contributed by atoms with Gasteiger partial charge in [-0.15, -0.1) is 0 Å². The molecule has 6 nitrogen and oxygen atoms in total.